The summed E-state index contributed by atoms with van der Waals surface area (Å²) in [6.07, 6.45) is 1.43. The molecule has 0 bridgehead atoms. The minimum atomic E-state index is -0.333. The van der Waals surface area contributed by atoms with Gasteiger partial charge in [0.25, 0.3) is 5.91 Å². The van der Waals surface area contributed by atoms with Crippen molar-refractivity contribution in [2.24, 2.45) is 5.92 Å². The maximum Gasteiger partial charge on any atom is 0.253 e. The van der Waals surface area contributed by atoms with E-state index in [1.165, 1.54) is 0 Å². The minimum absolute atomic E-state index is 0.104. The molecule has 2 aromatic carbocycles. The highest BCUT2D eigenvalue weighted by atomic mass is 35.5. The molecule has 1 atom stereocenters. The fraction of sp³-hybridized carbons (Fsp3) is 0.375. The third-order valence-electron chi connectivity index (χ3n) is 5.54. The fourth-order valence-corrected chi connectivity index (χ4v) is 4.15. The SMILES string of the molecule is Cc1cc(C)c(NC(=O)CNC(=O)C2CCCN(C(=O)c3ccc(Cl)cc3)C2)c(C)c1. The van der Waals surface area contributed by atoms with Gasteiger partial charge in [-0.2, -0.15) is 0 Å². The van der Waals surface area contributed by atoms with Crippen molar-refractivity contribution in [2.75, 3.05) is 25.0 Å². The van der Waals surface area contributed by atoms with Crippen molar-refractivity contribution >= 4 is 35.0 Å². The number of aryl methyl sites for hydroxylation is 3. The molecule has 1 fully saturated rings. The summed E-state index contributed by atoms with van der Waals surface area (Å²) in [7, 11) is 0. The van der Waals surface area contributed by atoms with Gasteiger partial charge in [0.05, 0.1) is 12.5 Å². The number of halogens is 1. The lowest BCUT2D eigenvalue weighted by Gasteiger charge is -2.32. The quantitative estimate of drug-likeness (QED) is 0.739. The number of nitrogens with one attached hydrogen (secondary N) is 2. The highest BCUT2D eigenvalue weighted by Crippen LogP contribution is 2.22. The number of nitrogens with zero attached hydrogens (tertiary/aromatic N) is 1. The van der Waals surface area contributed by atoms with Crippen LogP contribution >= 0.6 is 11.6 Å². The second-order valence-electron chi connectivity index (χ2n) is 8.14. The van der Waals surface area contributed by atoms with Gasteiger partial charge in [0.15, 0.2) is 0 Å². The number of benzene rings is 2. The monoisotopic (exact) mass is 441 g/mol. The van der Waals surface area contributed by atoms with E-state index in [4.69, 9.17) is 11.6 Å². The number of carbonyl (C=O) groups excluding carboxylic acids is 3. The molecule has 1 saturated heterocycles. The van der Waals surface area contributed by atoms with Gasteiger partial charge in [0.2, 0.25) is 11.8 Å². The maximum atomic E-state index is 12.7. The van der Waals surface area contributed by atoms with Crippen molar-refractivity contribution in [3.8, 4) is 0 Å². The van der Waals surface area contributed by atoms with Crippen LogP contribution in [-0.2, 0) is 9.59 Å². The summed E-state index contributed by atoms with van der Waals surface area (Å²) in [5, 5.41) is 6.18. The molecule has 1 unspecified atom stereocenters. The third kappa shape index (κ3) is 5.85. The van der Waals surface area contributed by atoms with Crippen molar-refractivity contribution in [3.63, 3.8) is 0 Å². The first-order chi connectivity index (χ1) is 14.7. The molecule has 0 spiro atoms. The summed E-state index contributed by atoms with van der Waals surface area (Å²) < 4.78 is 0. The van der Waals surface area contributed by atoms with Crippen LogP contribution in [0, 0.1) is 26.7 Å². The van der Waals surface area contributed by atoms with Crippen molar-refractivity contribution in [2.45, 2.75) is 33.6 Å². The first kappa shape index (κ1) is 22.8. The Kier molecular flexibility index (Phi) is 7.33. The lowest BCUT2D eigenvalue weighted by Crippen LogP contribution is -2.46. The number of hydrogen-bond donors (Lipinski definition) is 2. The van der Waals surface area contributed by atoms with Gasteiger partial charge in [0.1, 0.15) is 0 Å². The van der Waals surface area contributed by atoms with Crippen LogP contribution in [0.3, 0.4) is 0 Å². The summed E-state index contributed by atoms with van der Waals surface area (Å²) in [5.41, 5.74) is 4.44. The van der Waals surface area contributed by atoms with E-state index in [1.807, 2.05) is 32.9 Å². The summed E-state index contributed by atoms with van der Waals surface area (Å²) >= 11 is 5.89. The van der Waals surface area contributed by atoms with E-state index in [0.717, 1.165) is 28.8 Å². The van der Waals surface area contributed by atoms with Gasteiger partial charge >= 0.3 is 0 Å². The molecule has 0 radical (unpaired) electrons. The lowest BCUT2D eigenvalue weighted by molar-refractivity contribution is -0.128. The number of carbonyl (C=O) groups is 3. The predicted molar refractivity (Wildman–Crippen MR) is 122 cm³/mol. The molecule has 2 aromatic rings. The molecule has 0 aliphatic carbocycles. The second-order valence-corrected chi connectivity index (χ2v) is 8.57. The molecule has 0 saturated carbocycles. The number of amides is 3. The number of piperidine rings is 1. The average molecular weight is 442 g/mol. The van der Waals surface area contributed by atoms with E-state index in [0.29, 0.717) is 30.1 Å². The summed E-state index contributed by atoms with van der Waals surface area (Å²) in [4.78, 5) is 39.4. The molecular weight excluding hydrogens is 414 g/mol. The van der Waals surface area contributed by atoms with Gasteiger partial charge in [-0.3, -0.25) is 14.4 Å². The predicted octanol–water partition coefficient (Wildman–Crippen LogP) is 3.87. The zero-order chi connectivity index (χ0) is 22.5. The van der Waals surface area contributed by atoms with Gasteiger partial charge in [-0.15, -0.1) is 0 Å². The van der Waals surface area contributed by atoms with Crippen LogP contribution in [0.25, 0.3) is 0 Å². The Hall–Kier alpha value is -2.86. The lowest BCUT2D eigenvalue weighted by atomic mass is 9.96. The van der Waals surface area contributed by atoms with Crippen LogP contribution in [0.5, 0.6) is 0 Å². The van der Waals surface area contributed by atoms with E-state index in [2.05, 4.69) is 10.6 Å². The Morgan fingerprint density at radius 2 is 1.71 bits per heavy atom. The standard InChI is InChI=1S/C24H28ClN3O3/c1-15-11-16(2)22(17(3)12-15)27-21(29)13-26-23(30)19-5-4-10-28(14-19)24(31)18-6-8-20(25)9-7-18/h6-9,11-12,19H,4-5,10,13-14H2,1-3H3,(H,26,30)(H,27,29). The van der Waals surface area contributed by atoms with Crippen LogP contribution < -0.4 is 10.6 Å². The van der Waals surface area contributed by atoms with Crippen molar-refractivity contribution < 1.29 is 14.4 Å². The molecule has 1 heterocycles. The van der Waals surface area contributed by atoms with E-state index < -0.39 is 0 Å². The van der Waals surface area contributed by atoms with Crippen LogP contribution in [0.2, 0.25) is 5.02 Å². The summed E-state index contributed by atoms with van der Waals surface area (Å²) in [6.45, 7) is 6.75. The summed E-state index contributed by atoms with van der Waals surface area (Å²) in [5.74, 6) is -0.924. The summed E-state index contributed by atoms with van der Waals surface area (Å²) in [6, 6.07) is 10.8. The number of likely N-dealkylation sites (tertiary alicyclic amines) is 1. The number of anilines is 1. The maximum absolute atomic E-state index is 12.7. The minimum Gasteiger partial charge on any atom is -0.347 e. The Morgan fingerprint density at radius 3 is 2.35 bits per heavy atom. The Morgan fingerprint density at radius 1 is 1.06 bits per heavy atom. The molecule has 31 heavy (non-hydrogen) atoms. The molecular formula is C24H28ClN3O3. The van der Waals surface area contributed by atoms with Crippen molar-refractivity contribution in [3.05, 3.63) is 63.7 Å². The normalized spacial score (nSPS) is 16.0. The molecule has 3 rings (SSSR count). The largest absolute Gasteiger partial charge is 0.347 e. The average Bonchev–Trinajstić information content (AvgIpc) is 2.74. The van der Waals surface area contributed by atoms with Gasteiger partial charge in [0, 0.05) is 29.4 Å². The molecule has 1 aliphatic heterocycles. The van der Waals surface area contributed by atoms with E-state index in [1.54, 1.807) is 29.2 Å². The first-order valence-electron chi connectivity index (χ1n) is 10.4. The van der Waals surface area contributed by atoms with Gasteiger partial charge in [-0.05, 0) is 69.0 Å². The van der Waals surface area contributed by atoms with E-state index in [-0.39, 0.29) is 30.2 Å². The van der Waals surface area contributed by atoms with Crippen LogP contribution in [0.1, 0.15) is 39.9 Å². The molecule has 1 aliphatic rings. The van der Waals surface area contributed by atoms with Crippen molar-refractivity contribution in [1.29, 1.82) is 0 Å². The third-order valence-corrected chi connectivity index (χ3v) is 5.79. The molecule has 0 aromatic heterocycles. The smallest absolute Gasteiger partial charge is 0.253 e. The topological polar surface area (TPSA) is 78.5 Å². The zero-order valence-corrected chi connectivity index (χ0v) is 18.9. The van der Waals surface area contributed by atoms with E-state index in [9.17, 15) is 14.4 Å². The Bertz CT molecular complexity index is 965. The van der Waals surface area contributed by atoms with Gasteiger partial charge < -0.3 is 15.5 Å². The first-order valence-corrected chi connectivity index (χ1v) is 10.8. The molecule has 2 N–H and O–H groups in total. The molecule has 6 nitrogen and oxygen atoms in total. The zero-order valence-electron chi connectivity index (χ0n) is 18.1. The Balaban J connectivity index is 1.54. The number of rotatable bonds is 5. The highest BCUT2D eigenvalue weighted by Gasteiger charge is 2.29. The second kappa shape index (κ2) is 9.96. The van der Waals surface area contributed by atoms with Crippen LogP contribution in [-0.4, -0.2) is 42.3 Å². The van der Waals surface area contributed by atoms with Crippen LogP contribution in [0.4, 0.5) is 5.69 Å². The number of hydrogen-bond acceptors (Lipinski definition) is 3. The Labute approximate surface area is 188 Å². The highest BCUT2D eigenvalue weighted by molar-refractivity contribution is 6.30. The fourth-order valence-electron chi connectivity index (χ4n) is 4.02. The van der Waals surface area contributed by atoms with Gasteiger partial charge in [-0.25, -0.2) is 0 Å². The van der Waals surface area contributed by atoms with Gasteiger partial charge in [-0.1, -0.05) is 29.3 Å². The molecule has 164 valence electrons. The van der Waals surface area contributed by atoms with Crippen LogP contribution in [0.15, 0.2) is 36.4 Å². The molecule has 3 amide bonds. The van der Waals surface area contributed by atoms with E-state index >= 15 is 0 Å². The van der Waals surface area contributed by atoms with Crippen molar-refractivity contribution in [1.82, 2.24) is 10.2 Å². The molecule has 7 heteroatoms.